The highest BCUT2D eigenvalue weighted by atomic mass is 15.2. The van der Waals surface area contributed by atoms with E-state index in [0.717, 1.165) is 6.54 Å². The highest BCUT2D eigenvalue weighted by Crippen LogP contribution is 2.27. The maximum atomic E-state index is 2.64. The maximum Gasteiger partial charge on any atom is 0.0241 e. The average molecular weight is 217 g/mol. The topological polar surface area (TPSA) is 3.24 Å². The molecule has 2 rings (SSSR count). The van der Waals surface area contributed by atoms with Gasteiger partial charge in [0.05, 0.1) is 0 Å². The van der Waals surface area contributed by atoms with Gasteiger partial charge in [0, 0.05) is 18.6 Å². The zero-order valence-corrected chi connectivity index (χ0v) is 10.8. The minimum absolute atomic E-state index is 0.349. The summed E-state index contributed by atoms with van der Waals surface area (Å²) < 4.78 is 0. The molecule has 0 atom stereocenters. The largest absolute Gasteiger partial charge is 0.294 e. The number of rotatable bonds is 3. The van der Waals surface area contributed by atoms with E-state index >= 15 is 0 Å². The molecule has 16 heavy (non-hydrogen) atoms. The van der Waals surface area contributed by atoms with E-state index in [1.807, 2.05) is 0 Å². The van der Waals surface area contributed by atoms with Crippen molar-refractivity contribution in [1.82, 2.24) is 4.90 Å². The van der Waals surface area contributed by atoms with Crippen molar-refractivity contribution in [3.8, 4) is 0 Å². The Morgan fingerprint density at radius 2 is 1.88 bits per heavy atom. The lowest BCUT2D eigenvalue weighted by molar-refractivity contribution is 0.0952. The van der Waals surface area contributed by atoms with E-state index < -0.39 is 0 Å². The molecule has 0 fully saturated rings. The van der Waals surface area contributed by atoms with Gasteiger partial charge in [-0.05, 0) is 37.8 Å². The Hall–Kier alpha value is -0.820. The molecular formula is C15H23N. The van der Waals surface area contributed by atoms with Crippen LogP contribution in [0, 0.1) is 0 Å². The van der Waals surface area contributed by atoms with E-state index in [0.29, 0.717) is 5.54 Å². The fraction of sp³-hybridized carbons (Fsp3) is 0.600. The van der Waals surface area contributed by atoms with Crippen molar-refractivity contribution >= 4 is 0 Å². The van der Waals surface area contributed by atoms with Crippen LogP contribution in [0.2, 0.25) is 0 Å². The normalized spacial score (nSPS) is 17.2. The van der Waals surface area contributed by atoms with E-state index in [-0.39, 0.29) is 0 Å². The molecule has 1 heterocycles. The summed E-state index contributed by atoms with van der Waals surface area (Å²) in [6.45, 7) is 9.38. The predicted molar refractivity (Wildman–Crippen MR) is 69.5 cm³/mol. The summed E-state index contributed by atoms with van der Waals surface area (Å²) in [5, 5.41) is 0. The Kier molecular flexibility index (Phi) is 3.34. The van der Waals surface area contributed by atoms with Crippen molar-refractivity contribution < 1.29 is 0 Å². The third kappa shape index (κ3) is 2.30. The third-order valence-electron chi connectivity index (χ3n) is 3.85. The first-order chi connectivity index (χ1) is 7.63. The zero-order valence-electron chi connectivity index (χ0n) is 10.8. The summed E-state index contributed by atoms with van der Waals surface area (Å²) >= 11 is 0. The van der Waals surface area contributed by atoms with Crippen molar-refractivity contribution in [3.63, 3.8) is 0 Å². The van der Waals surface area contributed by atoms with Crippen molar-refractivity contribution in [3.05, 3.63) is 35.4 Å². The summed E-state index contributed by atoms with van der Waals surface area (Å²) in [6.07, 6.45) is 3.77. The zero-order chi connectivity index (χ0) is 11.6. The molecule has 1 nitrogen and oxygen atoms in total. The molecule has 0 radical (unpaired) electrons. The molecule has 0 unspecified atom stereocenters. The summed E-state index contributed by atoms with van der Waals surface area (Å²) in [5.41, 5.74) is 3.42. The van der Waals surface area contributed by atoms with Gasteiger partial charge < -0.3 is 0 Å². The SMILES string of the molecule is CCCC(C)(C)N1CCc2ccccc2C1. The van der Waals surface area contributed by atoms with Crippen LogP contribution in [0.3, 0.4) is 0 Å². The van der Waals surface area contributed by atoms with Crippen LogP contribution in [-0.2, 0) is 13.0 Å². The van der Waals surface area contributed by atoms with Gasteiger partial charge in [-0.15, -0.1) is 0 Å². The van der Waals surface area contributed by atoms with E-state index in [2.05, 4.69) is 49.9 Å². The number of benzene rings is 1. The van der Waals surface area contributed by atoms with Crippen LogP contribution in [0.25, 0.3) is 0 Å². The molecule has 88 valence electrons. The highest BCUT2D eigenvalue weighted by Gasteiger charge is 2.28. The minimum Gasteiger partial charge on any atom is -0.294 e. The first kappa shape index (κ1) is 11.7. The third-order valence-corrected chi connectivity index (χ3v) is 3.85. The van der Waals surface area contributed by atoms with Crippen LogP contribution in [0.4, 0.5) is 0 Å². The molecular weight excluding hydrogens is 194 g/mol. The molecule has 0 aliphatic carbocycles. The Labute approximate surface area is 99.5 Å². The molecule has 1 heteroatoms. The van der Waals surface area contributed by atoms with Crippen LogP contribution >= 0.6 is 0 Å². The van der Waals surface area contributed by atoms with Crippen LogP contribution in [-0.4, -0.2) is 17.0 Å². The van der Waals surface area contributed by atoms with Crippen molar-refractivity contribution in [2.45, 2.75) is 52.1 Å². The molecule has 1 aromatic carbocycles. The van der Waals surface area contributed by atoms with Gasteiger partial charge in [0.1, 0.15) is 0 Å². The quantitative estimate of drug-likeness (QED) is 0.747. The smallest absolute Gasteiger partial charge is 0.0241 e. The lowest BCUT2D eigenvalue weighted by Crippen LogP contribution is -2.46. The molecule has 0 amide bonds. The van der Waals surface area contributed by atoms with Crippen LogP contribution in [0.5, 0.6) is 0 Å². The van der Waals surface area contributed by atoms with E-state index in [1.165, 1.54) is 31.4 Å². The van der Waals surface area contributed by atoms with Gasteiger partial charge >= 0.3 is 0 Å². The average Bonchev–Trinajstić information content (AvgIpc) is 2.28. The van der Waals surface area contributed by atoms with E-state index in [1.54, 1.807) is 5.56 Å². The lowest BCUT2D eigenvalue weighted by atomic mass is 9.91. The lowest BCUT2D eigenvalue weighted by Gasteiger charge is -2.41. The monoisotopic (exact) mass is 217 g/mol. The van der Waals surface area contributed by atoms with E-state index in [4.69, 9.17) is 0 Å². The van der Waals surface area contributed by atoms with Crippen LogP contribution < -0.4 is 0 Å². The second kappa shape index (κ2) is 4.58. The summed E-state index contributed by atoms with van der Waals surface area (Å²) in [5.74, 6) is 0. The fourth-order valence-electron chi connectivity index (χ4n) is 2.78. The highest BCUT2D eigenvalue weighted by molar-refractivity contribution is 5.29. The van der Waals surface area contributed by atoms with Crippen molar-refractivity contribution in [2.75, 3.05) is 6.54 Å². The molecule has 0 bridgehead atoms. The first-order valence-electron chi connectivity index (χ1n) is 6.45. The predicted octanol–water partition coefficient (Wildman–Crippen LogP) is 3.62. The first-order valence-corrected chi connectivity index (χ1v) is 6.45. The second-order valence-electron chi connectivity index (χ2n) is 5.50. The Bertz CT molecular complexity index is 354. The number of nitrogens with zero attached hydrogens (tertiary/aromatic N) is 1. The molecule has 0 spiro atoms. The molecule has 1 aromatic rings. The molecule has 0 saturated carbocycles. The molecule has 0 saturated heterocycles. The van der Waals surface area contributed by atoms with Gasteiger partial charge in [-0.2, -0.15) is 0 Å². The van der Waals surface area contributed by atoms with Crippen LogP contribution in [0.1, 0.15) is 44.7 Å². The number of hydrogen-bond acceptors (Lipinski definition) is 1. The Morgan fingerprint density at radius 3 is 2.56 bits per heavy atom. The fourth-order valence-corrected chi connectivity index (χ4v) is 2.78. The van der Waals surface area contributed by atoms with Gasteiger partial charge in [-0.25, -0.2) is 0 Å². The second-order valence-corrected chi connectivity index (χ2v) is 5.50. The number of hydrogen-bond donors (Lipinski definition) is 0. The minimum atomic E-state index is 0.349. The Morgan fingerprint density at radius 1 is 1.19 bits per heavy atom. The van der Waals surface area contributed by atoms with Gasteiger partial charge in [0.25, 0.3) is 0 Å². The maximum absolute atomic E-state index is 2.64. The molecule has 0 aromatic heterocycles. The standard InChI is InChI=1S/C15H23N/c1-4-10-15(2,3)16-11-9-13-7-5-6-8-14(13)12-16/h5-8H,4,9-12H2,1-3H3. The van der Waals surface area contributed by atoms with Crippen molar-refractivity contribution in [2.24, 2.45) is 0 Å². The molecule has 0 N–H and O–H groups in total. The number of fused-ring (bicyclic) bond motifs is 1. The van der Waals surface area contributed by atoms with Crippen molar-refractivity contribution in [1.29, 1.82) is 0 Å². The van der Waals surface area contributed by atoms with Gasteiger partial charge in [0.15, 0.2) is 0 Å². The summed E-state index contributed by atoms with van der Waals surface area (Å²) in [7, 11) is 0. The summed E-state index contributed by atoms with van der Waals surface area (Å²) in [6, 6.07) is 8.88. The summed E-state index contributed by atoms with van der Waals surface area (Å²) in [4.78, 5) is 2.64. The Balaban J connectivity index is 2.13. The van der Waals surface area contributed by atoms with E-state index in [9.17, 15) is 0 Å². The van der Waals surface area contributed by atoms with Gasteiger partial charge in [-0.3, -0.25) is 4.90 Å². The van der Waals surface area contributed by atoms with Gasteiger partial charge in [0.2, 0.25) is 0 Å². The molecule has 1 aliphatic heterocycles. The van der Waals surface area contributed by atoms with Crippen LogP contribution in [0.15, 0.2) is 24.3 Å². The van der Waals surface area contributed by atoms with Gasteiger partial charge in [-0.1, -0.05) is 37.6 Å². The molecule has 1 aliphatic rings.